The molecule has 80 valence electrons. The SMILES string of the molecule is CC1CCC(C)C1(CC(=O)O)C(=O)O. The highest BCUT2D eigenvalue weighted by molar-refractivity contribution is 5.82. The maximum atomic E-state index is 11.2. The van der Waals surface area contributed by atoms with Crippen LogP contribution < -0.4 is 0 Å². The molecular weight excluding hydrogens is 184 g/mol. The van der Waals surface area contributed by atoms with Gasteiger partial charge in [-0.2, -0.15) is 0 Å². The summed E-state index contributed by atoms with van der Waals surface area (Å²) in [5.41, 5.74) is -1.05. The standard InChI is InChI=1S/C10H16O4/c1-6-3-4-7(2)10(6,9(13)14)5-8(11)12/h6-7H,3-5H2,1-2H3,(H,11,12)(H,13,14). The van der Waals surface area contributed by atoms with Crippen LogP contribution in [0.2, 0.25) is 0 Å². The predicted molar refractivity (Wildman–Crippen MR) is 49.9 cm³/mol. The second kappa shape index (κ2) is 3.59. The Balaban J connectivity index is 3.01. The molecule has 0 heterocycles. The number of carboxylic acids is 2. The minimum atomic E-state index is -1.05. The number of carboxylic acid groups (broad SMARTS) is 2. The first-order chi connectivity index (χ1) is 6.41. The van der Waals surface area contributed by atoms with Gasteiger partial charge in [0.05, 0.1) is 11.8 Å². The van der Waals surface area contributed by atoms with Crippen molar-refractivity contribution in [3.8, 4) is 0 Å². The fourth-order valence-corrected chi connectivity index (χ4v) is 2.60. The summed E-state index contributed by atoms with van der Waals surface area (Å²) in [6, 6.07) is 0. The van der Waals surface area contributed by atoms with Crippen molar-refractivity contribution in [1.29, 1.82) is 0 Å². The molecule has 0 aromatic rings. The molecule has 0 amide bonds. The second-order valence-corrected chi connectivity index (χ2v) is 4.30. The van der Waals surface area contributed by atoms with Crippen LogP contribution in [0.1, 0.15) is 33.1 Å². The summed E-state index contributed by atoms with van der Waals surface area (Å²) in [7, 11) is 0. The van der Waals surface area contributed by atoms with Crippen LogP contribution in [0.15, 0.2) is 0 Å². The summed E-state index contributed by atoms with van der Waals surface area (Å²) in [5.74, 6) is -2.08. The molecule has 1 aliphatic carbocycles. The molecule has 0 radical (unpaired) electrons. The van der Waals surface area contributed by atoms with Gasteiger partial charge in [0.15, 0.2) is 0 Å². The minimum Gasteiger partial charge on any atom is -0.481 e. The molecule has 0 spiro atoms. The number of hydrogen-bond acceptors (Lipinski definition) is 2. The van der Waals surface area contributed by atoms with Crippen molar-refractivity contribution in [2.45, 2.75) is 33.1 Å². The predicted octanol–water partition coefficient (Wildman–Crippen LogP) is 1.60. The molecule has 0 aromatic heterocycles. The Hall–Kier alpha value is -1.06. The van der Waals surface area contributed by atoms with E-state index in [1.807, 2.05) is 13.8 Å². The average molecular weight is 200 g/mol. The van der Waals surface area contributed by atoms with E-state index in [2.05, 4.69) is 0 Å². The Bertz CT molecular complexity index is 249. The van der Waals surface area contributed by atoms with Crippen molar-refractivity contribution >= 4 is 11.9 Å². The van der Waals surface area contributed by atoms with Gasteiger partial charge in [0.2, 0.25) is 0 Å². The third kappa shape index (κ3) is 1.49. The maximum absolute atomic E-state index is 11.2. The normalized spacial score (nSPS) is 37.0. The molecule has 4 heteroatoms. The van der Waals surface area contributed by atoms with Gasteiger partial charge < -0.3 is 10.2 Å². The fourth-order valence-electron chi connectivity index (χ4n) is 2.60. The Morgan fingerprint density at radius 2 is 1.64 bits per heavy atom. The Labute approximate surface area is 82.9 Å². The van der Waals surface area contributed by atoms with Crippen molar-refractivity contribution in [2.24, 2.45) is 17.3 Å². The van der Waals surface area contributed by atoms with Gasteiger partial charge in [0.25, 0.3) is 0 Å². The van der Waals surface area contributed by atoms with Crippen molar-refractivity contribution < 1.29 is 19.8 Å². The lowest BCUT2D eigenvalue weighted by Gasteiger charge is -2.31. The van der Waals surface area contributed by atoms with Crippen LogP contribution in [0.4, 0.5) is 0 Å². The Kier molecular flexibility index (Phi) is 2.83. The average Bonchev–Trinajstić information content (AvgIpc) is 2.32. The van der Waals surface area contributed by atoms with E-state index >= 15 is 0 Å². The van der Waals surface area contributed by atoms with Gasteiger partial charge in [0, 0.05) is 0 Å². The highest BCUT2D eigenvalue weighted by Crippen LogP contribution is 2.50. The van der Waals surface area contributed by atoms with Crippen LogP contribution in [0.5, 0.6) is 0 Å². The van der Waals surface area contributed by atoms with Crippen molar-refractivity contribution in [3.63, 3.8) is 0 Å². The van der Waals surface area contributed by atoms with Crippen molar-refractivity contribution in [1.82, 2.24) is 0 Å². The smallest absolute Gasteiger partial charge is 0.310 e. The second-order valence-electron chi connectivity index (χ2n) is 4.30. The van der Waals surface area contributed by atoms with E-state index in [1.54, 1.807) is 0 Å². The van der Waals surface area contributed by atoms with Crippen molar-refractivity contribution in [2.75, 3.05) is 0 Å². The van der Waals surface area contributed by atoms with Gasteiger partial charge in [-0.25, -0.2) is 0 Å². The monoisotopic (exact) mass is 200 g/mol. The molecule has 2 N–H and O–H groups in total. The van der Waals surface area contributed by atoms with E-state index in [0.717, 1.165) is 12.8 Å². The van der Waals surface area contributed by atoms with E-state index < -0.39 is 17.4 Å². The summed E-state index contributed by atoms with van der Waals surface area (Å²) in [6.07, 6.45) is 1.35. The summed E-state index contributed by atoms with van der Waals surface area (Å²) in [6.45, 7) is 3.67. The number of rotatable bonds is 3. The molecular formula is C10H16O4. The lowest BCUT2D eigenvalue weighted by atomic mass is 9.71. The van der Waals surface area contributed by atoms with Crippen LogP contribution in [-0.4, -0.2) is 22.2 Å². The van der Waals surface area contributed by atoms with Crippen LogP contribution in [-0.2, 0) is 9.59 Å². The van der Waals surface area contributed by atoms with Gasteiger partial charge in [-0.3, -0.25) is 9.59 Å². The first kappa shape index (κ1) is 11.0. The van der Waals surface area contributed by atoms with E-state index in [1.165, 1.54) is 0 Å². The lowest BCUT2D eigenvalue weighted by Crippen LogP contribution is -2.40. The molecule has 2 unspecified atom stereocenters. The molecule has 1 rings (SSSR count). The number of carbonyl (C=O) groups is 2. The third-order valence-electron chi connectivity index (χ3n) is 3.63. The first-order valence-corrected chi connectivity index (χ1v) is 4.86. The zero-order chi connectivity index (χ0) is 10.9. The van der Waals surface area contributed by atoms with Gasteiger partial charge in [-0.1, -0.05) is 13.8 Å². The molecule has 1 saturated carbocycles. The summed E-state index contributed by atoms with van der Waals surface area (Å²) in [5, 5.41) is 18.0. The maximum Gasteiger partial charge on any atom is 0.310 e. The van der Waals surface area contributed by atoms with Crippen LogP contribution in [0, 0.1) is 17.3 Å². The first-order valence-electron chi connectivity index (χ1n) is 4.86. The van der Waals surface area contributed by atoms with E-state index in [4.69, 9.17) is 5.11 Å². The minimum absolute atomic E-state index is 0.0499. The zero-order valence-corrected chi connectivity index (χ0v) is 8.49. The molecule has 1 fully saturated rings. The van der Waals surface area contributed by atoms with E-state index in [0.29, 0.717) is 0 Å². The Morgan fingerprint density at radius 3 is 1.93 bits per heavy atom. The zero-order valence-electron chi connectivity index (χ0n) is 8.49. The van der Waals surface area contributed by atoms with Gasteiger partial charge in [0.1, 0.15) is 0 Å². The molecule has 14 heavy (non-hydrogen) atoms. The topological polar surface area (TPSA) is 74.6 Å². The molecule has 0 aliphatic heterocycles. The van der Waals surface area contributed by atoms with Crippen LogP contribution in [0.3, 0.4) is 0 Å². The van der Waals surface area contributed by atoms with Crippen LogP contribution >= 0.6 is 0 Å². The van der Waals surface area contributed by atoms with Gasteiger partial charge in [-0.05, 0) is 24.7 Å². The number of hydrogen-bond donors (Lipinski definition) is 2. The molecule has 0 aromatic carbocycles. The molecule has 2 atom stereocenters. The molecule has 4 nitrogen and oxygen atoms in total. The largest absolute Gasteiger partial charge is 0.481 e. The number of aliphatic carboxylic acids is 2. The molecule has 0 bridgehead atoms. The lowest BCUT2D eigenvalue weighted by molar-refractivity contribution is -0.160. The van der Waals surface area contributed by atoms with Gasteiger partial charge in [-0.15, -0.1) is 0 Å². The summed E-state index contributed by atoms with van der Waals surface area (Å²) in [4.78, 5) is 21.9. The summed E-state index contributed by atoms with van der Waals surface area (Å²) >= 11 is 0. The molecule has 0 saturated heterocycles. The van der Waals surface area contributed by atoms with Gasteiger partial charge >= 0.3 is 11.9 Å². The Morgan fingerprint density at radius 1 is 1.21 bits per heavy atom. The quantitative estimate of drug-likeness (QED) is 0.725. The highest BCUT2D eigenvalue weighted by Gasteiger charge is 2.53. The fraction of sp³-hybridized carbons (Fsp3) is 0.800. The van der Waals surface area contributed by atoms with E-state index in [-0.39, 0.29) is 18.3 Å². The van der Waals surface area contributed by atoms with E-state index in [9.17, 15) is 14.7 Å². The molecule has 1 aliphatic rings. The third-order valence-corrected chi connectivity index (χ3v) is 3.63. The highest BCUT2D eigenvalue weighted by atomic mass is 16.4. The van der Waals surface area contributed by atoms with Crippen molar-refractivity contribution in [3.05, 3.63) is 0 Å². The van der Waals surface area contributed by atoms with Crippen LogP contribution in [0.25, 0.3) is 0 Å². The summed E-state index contributed by atoms with van der Waals surface area (Å²) < 4.78 is 0.